The predicted molar refractivity (Wildman–Crippen MR) is 66.7 cm³/mol. The molecule has 4 heteroatoms. The van der Waals surface area contributed by atoms with Crippen molar-refractivity contribution in [1.82, 2.24) is 9.80 Å². The molecule has 0 aliphatic carbocycles. The van der Waals surface area contributed by atoms with Crippen LogP contribution < -0.4 is 0 Å². The van der Waals surface area contributed by atoms with Crippen LogP contribution in [0.4, 0.5) is 0 Å². The van der Waals surface area contributed by atoms with Crippen LogP contribution >= 0.6 is 0 Å². The Hall–Kier alpha value is -0.630. The molecule has 2 aliphatic heterocycles. The van der Waals surface area contributed by atoms with Crippen molar-refractivity contribution in [3.05, 3.63) is 0 Å². The molecule has 0 aromatic carbocycles. The molecule has 0 aromatic rings. The van der Waals surface area contributed by atoms with Crippen LogP contribution in [0.2, 0.25) is 0 Å². The number of hydrogen-bond acceptors (Lipinski definition) is 4. The number of nitriles is 1. The maximum absolute atomic E-state index is 8.88. The first-order chi connectivity index (χ1) is 8.29. The van der Waals surface area contributed by atoms with Crippen LogP contribution in [0, 0.1) is 11.3 Å². The minimum atomic E-state index is 0.0651. The summed E-state index contributed by atoms with van der Waals surface area (Å²) in [6.45, 7) is 8.34. The molecular formula is C13H23N3O. The van der Waals surface area contributed by atoms with Gasteiger partial charge in [-0.15, -0.1) is 0 Å². The number of nitrogens with zero attached hydrogens (tertiary/aromatic N) is 3. The first kappa shape index (κ1) is 12.8. The van der Waals surface area contributed by atoms with Gasteiger partial charge in [-0.2, -0.15) is 5.26 Å². The van der Waals surface area contributed by atoms with Gasteiger partial charge in [0.25, 0.3) is 0 Å². The van der Waals surface area contributed by atoms with Gasteiger partial charge >= 0.3 is 0 Å². The zero-order chi connectivity index (χ0) is 12.1. The Balaban J connectivity index is 1.63. The highest BCUT2D eigenvalue weighted by Crippen LogP contribution is 2.16. The van der Waals surface area contributed by atoms with Gasteiger partial charge in [0.1, 0.15) is 0 Å². The molecule has 2 heterocycles. The quantitative estimate of drug-likeness (QED) is 0.733. The van der Waals surface area contributed by atoms with E-state index in [1.807, 2.05) is 6.92 Å². The van der Waals surface area contributed by atoms with Crippen molar-refractivity contribution < 1.29 is 4.74 Å². The van der Waals surface area contributed by atoms with Gasteiger partial charge in [-0.1, -0.05) is 0 Å². The zero-order valence-corrected chi connectivity index (χ0v) is 10.8. The summed E-state index contributed by atoms with van der Waals surface area (Å²) in [6.07, 6.45) is 4.16. The summed E-state index contributed by atoms with van der Waals surface area (Å²) in [5.41, 5.74) is 0. The maximum Gasteiger partial charge on any atom is 0.0950 e. The van der Waals surface area contributed by atoms with Crippen LogP contribution in [0.1, 0.15) is 26.2 Å². The topological polar surface area (TPSA) is 39.5 Å². The molecule has 96 valence electrons. The second-order valence-corrected chi connectivity index (χ2v) is 5.11. The van der Waals surface area contributed by atoms with Gasteiger partial charge in [-0.05, 0) is 26.2 Å². The molecule has 0 N–H and O–H groups in total. The lowest BCUT2D eigenvalue weighted by atomic mass is 10.1. The molecule has 0 bridgehead atoms. The standard InChI is InChI=1S/C13H23N3O/c1-12(11-14)16-8-6-15(7-9-16)5-4-13-3-2-10-17-13/h12-13H,2-10H2,1H3. The Kier molecular flexibility index (Phi) is 4.78. The van der Waals surface area contributed by atoms with Crippen LogP contribution in [-0.4, -0.2) is 61.3 Å². The first-order valence-corrected chi connectivity index (χ1v) is 6.77. The normalized spacial score (nSPS) is 29.1. The number of ether oxygens (including phenoxy) is 1. The average molecular weight is 237 g/mol. The van der Waals surface area contributed by atoms with Gasteiger partial charge in [-0.25, -0.2) is 0 Å². The van der Waals surface area contributed by atoms with E-state index >= 15 is 0 Å². The minimum absolute atomic E-state index is 0.0651. The van der Waals surface area contributed by atoms with E-state index < -0.39 is 0 Å². The molecule has 2 atom stereocenters. The fourth-order valence-electron chi connectivity index (χ4n) is 2.65. The SMILES string of the molecule is CC(C#N)N1CCN(CCC2CCCO2)CC1. The van der Waals surface area contributed by atoms with Crippen molar-refractivity contribution in [3.63, 3.8) is 0 Å². The highest BCUT2D eigenvalue weighted by atomic mass is 16.5. The van der Waals surface area contributed by atoms with E-state index in [0.717, 1.165) is 39.3 Å². The smallest absolute Gasteiger partial charge is 0.0950 e. The Morgan fingerprint density at radius 1 is 1.35 bits per heavy atom. The van der Waals surface area contributed by atoms with Gasteiger partial charge < -0.3 is 9.64 Å². The van der Waals surface area contributed by atoms with Gasteiger partial charge in [0, 0.05) is 39.3 Å². The second kappa shape index (κ2) is 6.34. The van der Waals surface area contributed by atoms with E-state index in [4.69, 9.17) is 10.00 Å². The molecular weight excluding hydrogens is 214 g/mol. The highest BCUT2D eigenvalue weighted by molar-refractivity contribution is 4.90. The molecule has 0 spiro atoms. The third-order valence-electron chi connectivity index (χ3n) is 3.93. The first-order valence-electron chi connectivity index (χ1n) is 6.77. The second-order valence-electron chi connectivity index (χ2n) is 5.11. The Morgan fingerprint density at radius 2 is 2.12 bits per heavy atom. The summed E-state index contributed by atoms with van der Waals surface area (Å²) in [7, 11) is 0. The Labute approximate surface area is 104 Å². The molecule has 0 amide bonds. The summed E-state index contributed by atoms with van der Waals surface area (Å²) < 4.78 is 5.64. The largest absolute Gasteiger partial charge is 0.378 e. The Morgan fingerprint density at radius 3 is 2.71 bits per heavy atom. The third-order valence-corrected chi connectivity index (χ3v) is 3.93. The van der Waals surface area contributed by atoms with Crippen LogP contribution in [0.3, 0.4) is 0 Å². The van der Waals surface area contributed by atoms with E-state index in [-0.39, 0.29) is 6.04 Å². The maximum atomic E-state index is 8.88. The molecule has 2 unspecified atom stereocenters. The summed E-state index contributed by atoms with van der Waals surface area (Å²) >= 11 is 0. The van der Waals surface area contributed by atoms with Crippen LogP contribution in [0.15, 0.2) is 0 Å². The van der Waals surface area contributed by atoms with Gasteiger partial charge in [0.2, 0.25) is 0 Å². The lowest BCUT2D eigenvalue weighted by molar-refractivity contribution is 0.0742. The van der Waals surface area contributed by atoms with Crippen molar-refractivity contribution in [2.24, 2.45) is 0 Å². The monoisotopic (exact) mass is 237 g/mol. The number of piperazine rings is 1. The van der Waals surface area contributed by atoms with E-state index in [2.05, 4.69) is 15.9 Å². The Bertz CT molecular complexity index is 262. The average Bonchev–Trinajstić information content (AvgIpc) is 2.89. The third kappa shape index (κ3) is 3.67. The molecule has 2 aliphatic rings. The van der Waals surface area contributed by atoms with Gasteiger partial charge in [0.05, 0.1) is 18.2 Å². The van der Waals surface area contributed by atoms with Crippen molar-refractivity contribution in [1.29, 1.82) is 5.26 Å². The summed E-state index contributed by atoms with van der Waals surface area (Å²) in [5, 5.41) is 8.88. The van der Waals surface area contributed by atoms with Crippen molar-refractivity contribution in [3.8, 4) is 6.07 Å². The lowest BCUT2D eigenvalue weighted by Gasteiger charge is -2.36. The zero-order valence-electron chi connectivity index (χ0n) is 10.8. The van der Waals surface area contributed by atoms with Crippen molar-refractivity contribution in [2.45, 2.75) is 38.3 Å². The van der Waals surface area contributed by atoms with Crippen molar-refractivity contribution >= 4 is 0 Å². The number of hydrogen-bond donors (Lipinski definition) is 0. The number of rotatable bonds is 4. The summed E-state index contributed by atoms with van der Waals surface area (Å²) in [5.74, 6) is 0. The van der Waals surface area contributed by atoms with E-state index in [1.165, 1.54) is 19.3 Å². The van der Waals surface area contributed by atoms with Crippen LogP contribution in [-0.2, 0) is 4.74 Å². The molecule has 17 heavy (non-hydrogen) atoms. The predicted octanol–water partition coefficient (Wildman–Crippen LogP) is 1.09. The van der Waals surface area contributed by atoms with Crippen LogP contribution in [0.25, 0.3) is 0 Å². The lowest BCUT2D eigenvalue weighted by Crippen LogP contribution is -2.49. The van der Waals surface area contributed by atoms with Gasteiger partial charge in [0.15, 0.2) is 0 Å². The van der Waals surface area contributed by atoms with Crippen LogP contribution in [0.5, 0.6) is 0 Å². The molecule has 2 saturated heterocycles. The molecule has 0 aromatic heterocycles. The molecule has 0 radical (unpaired) electrons. The molecule has 2 fully saturated rings. The van der Waals surface area contributed by atoms with E-state index in [0.29, 0.717) is 6.10 Å². The van der Waals surface area contributed by atoms with Crippen molar-refractivity contribution in [2.75, 3.05) is 39.3 Å². The van der Waals surface area contributed by atoms with Gasteiger partial charge in [-0.3, -0.25) is 4.90 Å². The molecule has 0 saturated carbocycles. The fourth-order valence-corrected chi connectivity index (χ4v) is 2.65. The van der Waals surface area contributed by atoms with E-state index in [1.54, 1.807) is 0 Å². The summed E-state index contributed by atoms with van der Waals surface area (Å²) in [4.78, 5) is 4.77. The molecule has 2 rings (SSSR count). The highest BCUT2D eigenvalue weighted by Gasteiger charge is 2.22. The van der Waals surface area contributed by atoms with E-state index in [9.17, 15) is 0 Å². The molecule has 4 nitrogen and oxygen atoms in total. The summed E-state index contributed by atoms with van der Waals surface area (Å²) in [6, 6.07) is 2.38. The minimum Gasteiger partial charge on any atom is -0.378 e. The fraction of sp³-hybridized carbons (Fsp3) is 0.923.